The van der Waals surface area contributed by atoms with E-state index in [1.165, 1.54) is 4.88 Å². The first-order chi connectivity index (χ1) is 9.67. The molecular formula is C16H18N2OS. The van der Waals surface area contributed by atoms with E-state index in [0.717, 1.165) is 41.1 Å². The maximum Gasteiger partial charge on any atom is 0.227 e. The molecular weight excluding hydrogens is 268 g/mol. The molecule has 3 N–H and O–H groups in total. The Labute approximate surface area is 122 Å². The highest BCUT2D eigenvalue weighted by Gasteiger charge is 2.29. The van der Waals surface area contributed by atoms with E-state index in [1.54, 1.807) is 11.3 Å². The van der Waals surface area contributed by atoms with Crippen molar-refractivity contribution in [1.82, 2.24) is 0 Å². The van der Waals surface area contributed by atoms with E-state index in [9.17, 15) is 4.79 Å². The molecule has 0 unspecified atom stereocenters. The number of rotatable bonds is 4. The quantitative estimate of drug-likeness (QED) is 0.895. The van der Waals surface area contributed by atoms with Crippen molar-refractivity contribution in [2.24, 2.45) is 5.92 Å². The molecule has 2 aromatic rings. The van der Waals surface area contributed by atoms with Gasteiger partial charge in [0.15, 0.2) is 0 Å². The molecule has 0 radical (unpaired) electrons. The summed E-state index contributed by atoms with van der Waals surface area (Å²) >= 11 is 1.64. The summed E-state index contributed by atoms with van der Waals surface area (Å²) < 4.78 is 0. The van der Waals surface area contributed by atoms with Crippen LogP contribution >= 0.6 is 11.3 Å². The van der Waals surface area contributed by atoms with Crippen molar-refractivity contribution < 1.29 is 4.79 Å². The Morgan fingerprint density at radius 1 is 1.35 bits per heavy atom. The number of carbonyl (C=O) groups excluding carboxylic acids is 1. The number of hydrogen-bond donors (Lipinski definition) is 2. The number of nitrogen functional groups attached to an aromatic ring is 1. The third kappa shape index (κ3) is 2.70. The van der Waals surface area contributed by atoms with Gasteiger partial charge in [-0.05, 0) is 43.0 Å². The SMILES string of the molecule is CCc1cc(-c2ccc(NC(=O)C3CC3)cc2)c(N)s1. The Hall–Kier alpha value is -1.81. The highest BCUT2D eigenvalue weighted by atomic mass is 32.1. The Kier molecular flexibility index (Phi) is 3.49. The van der Waals surface area contributed by atoms with Gasteiger partial charge in [0.25, 0.3) is 0 Å². The van der Waals surface area contributed by atoms with E-state index in [-0.39, 0.29) is 11.8 Å². The van der Waals surface area contributed by atoms with Crippen molar-refractivity contribution in [3.63, 3.8) is 0 Å². The first kappa shape index (κ1) is 13.2. The lowest BCUT2D eigenvalue weighted by Crippen LogP contribution is -2.12. The topological polar surface area (TPSA) is 55.1 Å². The molecule has 0 saturated heterocycles. The van der Waals surface area contributed by atoms with Gasteiger partial charge in [-0.2, -0.15) is 0 Å². The number of benzene rings is 1. The number of nitrogens with two attached hydrogens (primary N) is 1. The number of nitrogens with one attached hydrogen (secondary N) is 1. The summed E-state index contributed by atoms with van der Waals surface area (Å²) in [5.74, 6) is 0.371. The lowest BCUT2D eigenvalue weighted by atomic mass is 10.1. The summed E-state index contributed by atoms with van der Waals surface area (Å²) in [6, 6.07) is 10.1. The van der Waals surface area contributed by atoms with Crippen LogP contribution in [0, 0.1) is 5.92 Å². The molecule has 1 amide bonds. The molecule has 1 aliphatic carbocycles. The fraction of sp³-hybridized carbons (Fsp3) is 0.312. The molecule has 1 saturated carbocycles. The second-order valence-electron chi connectivity index (χ2n) is 5.19. The smallest absolute Gasteiger partial charge is 0.227 e. The summed E-state index contributed by atoms with van der Waals surface area (Å²) in [5, 5.41) is 3.80. The monoisotopic (exact) mass is 286 g/mol. The molecule has 1 aliphatic rings. The van der Waals surface area contributed by atoms with Gasteiger partial charge in [-0.15, -0.1) is 11.3 Å². The predicted octanol–water partition coefficient (Wildman–Crippen LogP) is 3.91. The second-order valence-corrected chi connectivity index (χ2v) is 6.35. The van der Waals surface area contributed by atoms with Crippen molar-refractivity contribution in [3.8, 4) is 11.1 Å². The fourth-order valence-electron chi connectivity index (χ4n) is 2.18. The van der Waals surface area contributed by atoms with Crippen LogP contribution in [0.5, 0.6) is 0 Å². The normalized spacial score (nSPS) is 14.2. The number of carbonyl (C=O) groups is 1. The molecule has 0 bridgehead atoms. The molecule has 0 aliphatic heterocycles. The van der Waals surface area contributed by atoms with Crippen LogP contribution in [-0.4, -0.2) is 5.91 Å². The van der Waals surface area contributed by atoms with Crippen molar-refractivity contribution in [2.45, 2.75) is 26.2 Å². The van der Waals surface area contributed by atoms with Crippen LogP contribution in [0.15, 0.2) is 30.3 Å². The molecule has 1 aromatic heterocycles. The van der Waals surface area contributed by atoms with Crippen LogP contribution in [0.1, 0.15) is 24.6 Å². The van der Waals surface area contributed by atoms with Gasteiger partial charge in [-0.25, -0.2) is 0 Å². The highest BCUT2D eigenvalue weighted by Crippen LogP contribution is 2.35. The Bertz CT molecular complexity index is 626. The standard InChI is InChI=1S/C16H18N2OS/c1-2-13-9-14(15(17)20-13)10-5-7-12(8-6-10)18-16(19)11-3-4-11/h5-9,11H,2-4,17H2,1H3,(H,18,19). The van der Waals surface area contributed by atoms with E-state index in [4.69, 9.17) is 5.73 Å². The zero-order valence-corrected chi connectivity index (χ0v) is 12.3. The van der Waals surface area contributed by atoms with Gasteiger partial charge in [-0.3, -0.25) is 4.79 Å². The minimum absolute atomic E-state index is 0.140. The van der Waals surface area contributed by atoms with Gasteiger partial charge in [0.1, 0.15) is 0 Å². The molecule has 0 atom stereocenters. The van der Waals surface area contributed by atoms with Gasteiger partial charge in [0, 0.05) is 22.0 Å². The van der Waals surface area contributed by atoms with E-state index >= 15 is 0 Å². The van der Waals surface area contributed by atoms with E-state index < -0.39 is 0 Å². The molecule has 1 heterocycles. The zero-order valence-electron chi connectivity index (χ0n) is 11.5. The predicted molar refractivity (Wildman–Crippen MR) is 84.9 cm³/mol. The fourth-order valence-corrected chi connectivity index (χ4v) is 3.07. The summed E-state index contributed by atoms with van der Waals surface area (Å²) in [6.07, 6.45) is 3.05. The number of anilines is 2. The minimum atomic E-state index is 0.140. The molecule has 0 spiro atoms. The van der Waals surface area contributed by atoms with Gasteiger partial charge in [-0.1, -0.05) is 19.1 Å². The van der Waals surface area contributed by atoms with Crippen LogP contribution in [0.4, 0.5) is 10.7 Å². The number of aryl methyl sites for hydroxylation is 1. The summed E-state index contributed by atoms with van der Waals surface area (Å²) in [7, 11) is 0. The number of thiophene rings is 1. The van der Waals surface area contributed by atoms with Crippen LogP contribution in [0.2, 0.25) is 0 Å². The van der Waals surface area contributed by atoms with E-state index in [2.05, 4.69) is 18.3 Å². The van der Waals surface area contributed by atoms with Crippen LogP contribution in [0.25, 0.3) is 11.1 Å². The van der Waals surface area contributed by atoms with Crippen LogP contribution in [-0.2, 0) is 11.2 Å². The average molecular weight is 286 g/mol. The lowest BCUT2D eigenvalue weighted by molar-refractivity contribution is -0.117. The van der Waals surface area contributed by atoms with E-state index in [0.29, 0.717) is 0 Å². The lowest BCUT2D eigenvalue weighted by Gasteiger charge is -2.05. The third-order valence-electron chi connectivity index (χ3n) is 3.57. The Morgan fingerprint density at radius 2 is 2.05 bits per heavy atom. The first-order valence-electron chi connectivity index (χ1n) is 6.97. The molecule has 4 heteroatoms. The van der Waals surface area contributed by atoms with Gasteiger partial charge in [0.2, 0.25) is 5.91 Å². The van der Waals surface area contributed by atoms with Crippen LogP contribution < -0.4 is 11.1 Å². The van der Waals surface area contributed by atoms with Gasteiger partial charge in [0.05, 0.1) is 5.00 Å². The molecule has 3 rings (SSSR count). The highest BCUT2D eigenvalue weighted by molar-refractivity contribution is 7.16. The Balaban J connectivity index is 1.77. The van der Waals surface area contributed by atoms with Crippen molar-refractivity contribution >= 4 is 27.9 Å². The van der Waals surface area contributed by atoms with Crippen LogP contribution in [0.3, 0.4) is 0 Å². The number of hydrogen-bond acceptors (Lipinski definition) is 3. The van der Waals surface area contributed by atoms with Crippen molar-refractivity contribution in [2.75, 3.05) is 11.1 Å². The molecule has 1 fully saturated rings. The number of amides is 1. The summed E-state index contributed by atoms with van der Waals surface area (Å²) in [6.45, 7) is 2.13. The van der Waals surface area contributed by atoms with Gasteiger partial charge >= 0.3 is 0 Å². The molecule has 1 aromatic carbocycles. The maximum atomic E-state index is 11.7. The largest absolute Gasteiger partial charge is 0.390 e. The van der Waals surface area contributed by atoms with Crippen molar-refractivity contribution in [3.05, 3.63) is 35.2 Å². The molecule has 20 heavy (non-hydrogen) atoms. The van der Waals surface area contributed by atoms with Crippen molar-refractivity contribution in [1.29, 1.82) is 0 Å². The van der Waals surface area contributed by atoms with Gasteiger partial charge < -0.3 is 11.1 Å². The van der Waals surface area contributed by atoms with E-state index in [1.807, 2.05) is 24.3 Å². The minimum Gasteiger partial charge on any atom is -0.390 e. The molecule has 3 nitrogen and oxygen atoms in total. The Morgan fingerprint density at radius 3 is 2.60 bits per heavy atom. The maximum absolute atomic E-state index is 11.7. The summed E-state index contributed by atoms with van der Waals surface area (Å²) in [5.41, 5.74) is 9.11. The average Bonchev–Trinajstić information content (AvgIpc) is 3.23. The third-order valence-corrected chi connectivity index (χ3v) is 4.68. The first-order valence-corrected chi connectivity index (χ1v) is 7.78. The second kappa shape index (κ2) is 5.29. The zero-order chi connectivity index (χ0) is 14.1. The summed E-state index contributed by atoms with van der Waals surface area (Å²) in [4.78, 5) is 13.0. The molecule has 104 valence electrons.